The lowest BCUT2D eigenvalue weighted by atomic mass is 9.84. The van der Waals surface area contributed by atoms with Crippen LogP contribution in [0.5, 0.6) is 5.75 Å². The zero-order chi connectivity index (χ0) is 15.3. The fourth-order valence-corrected chi connectivity index (χ4v) is 2.69. The molecule has 20 heavy (non-hydrogen) atoms. The first-order valence-electron chi connectivity index (χ1n) is 7.32. The standard InChI is InChI=1S/C17H27NO2/c1-6-18(14-8-7-9-15(19)11-14)16(20)10-13(2)12-17(3,4)5/h7-9,11,13,19H,6,10,12H2,1-5H3. The molecule has 1 aromatic rings. The molecule has 1 N–H and O–H groups in total. The van der Waals surface area contributed by atoms with Gasteiger partial charge in [0.15, 0.2) is 0 Å². The third-order valence-electron chi connectivity index (χ3n) is 3.24. The quantitative estimate of drug-likeness (QED) is 0.876. The van der Waals surface area contributed by atoms with E-state index in [9.17, 15) is 9.90 Å². The first kappa shape index (κ1) is 16.5. The molecule has 112 valence electrons. The van der Waals surface area contributed by atoms with Crippen LogP contribution in [0.15, 0.2) is 24.3 Å². The van der Waals surface area contributed by atoms with Gasteiger partial charge in [-0.15, -0.1) is 0 Å². The maximum absolute atomic E-state index is 12.4. The monoisotopic (exact) mass is 277 g/mol. The van der Waals surface area contributed by atoms with Gasteiger partial charge in [-0.25, -0.2) is 0 Å². The number of carbonyl (C=O) groups is 1. The first-order chi connectivity index (χ1) is 9.23. The van der Waals surface area contributed by atoms with E-state index in [2.05, 4.69) is 27.7 Å². The Bertz CT molecular complexity index is 449. The van der Waals surface area contributed by atoms with Gasteiger partial charge in [-0.2, -0.15) is 0 Å². The zero-order valence-electron chi connectivity index (χ0n) is 13.3. The summed E-state index contributed by atoms with van der Waals surface area (Å²) in [6, 6.07) is 6.87. The molecule has 1 atom stereocenters. The molecule has 0 aliphatic rings. The van der Waals surface area contributed by atoms with Crippen LogP contribution in [0.1, 0.15) is 47.5 Å². The van der Waals surface area contributed by atoms with E-state index in [0.717, 1.165) is 12.1 Å². The van der Waals surface area contributed by atoms with Gasteiger partial charge >= 0.3 is 0 Å². The minimum absolute atomic E-state index is 0.120. The van der Waals surface area contributed by atoms with Gasteiger partial charge in [-0.1, -0.05) is 33.8 Å². The van der Waals surface area contributed by atoms with Crippen molar-refractivity contribution in [2.24, 2.45) is 11.3 Å². The lowest BCUT2D eigenvalue weighted by molar-refractivity contribution is -0.119. The average molecular weight is 277 g/mol. The molecule has 0 aromatic heterocycles. The summed E-state index contributed by atoms with van der Waals surface area (Å²) >= 11 is 0. The van der Waals surface area contributed by atoms with Crippen molar-refractivity contribution in [1.29, 1.82) is 0 Å². The lowest BCUT2D eigenvalue weighted by Crippen LogP contribution is -2.32. The number of carbonyl (C=O) groups excluding carboxylic acids is 1. The second-order valence-electron chi connectivity index (χ2n) is 6.73. The molecule has 0 radical (unpaired) electrons. The highest BCUT2D eigenvalue weighted by Gasteiger charge is 2.21. The number of phenolic OH excluding ortho intramolecular Hbond substituents is 1. The summed E-state index contributed by atoms with van der Waals surface area (Å²) in [5.74, 6) is 0.667. The predicted octanol–water partition coefficient (Wildman–Crippen LogP) is 4.21. The summed E-state index contributed by atoms with van der Waals surface area (Å²) < 4.78 is 0. The molecule has 1 aromatic carbocycles. The van der Waals surface area contributed by atoms with Gasteiger partial charge in [0.25, 0.3) is 0 Å². The Morgan fingerprint density at radius 2 is 2.00 bits per heavy atom. The Hall–Kier alpha value is -1.51. The number of phenols is 1. The van der Waals surface area contributed by atoms with Crippen molar-refractivity contribution < 1.29 is 9.90 Å². The van der Waals surface area contributed by atoms with Crippen molar-refractivity contribution in [3.05, 3.63) is 24.3 Å². The van der Waals surface area contributed by atoms with E-state index < -0.39 is 0 Å². The fourth-order valence-electron chi connectivity index (χ4n) is 2.69. The second-order valence-corrected chi connectivity index (χ2v) is 6.73. The highest BCUT2D eigenvalue weighted by molar-refractivity contribution is 5.93. The first-order valence-corrected chi connectivity index (χ1v) is 7.32. The minimum atomic E-state index is 0.120. The van der Waals surface area contributed by atoms with Gasteiger partial charge in [-0.3, -0.25) is 4.79 Å². The Labute approximate surface area is 122 Å². The Balaban J connectivity index is 2.73. The van der Waals surface area contributed by atoms with Crippen LogP contribution in [0.25, 0.3) is 0 Å². The van der Waals surface area contributed by atoms with Gasteiger partial charge in [0.2, 0.25) is 5.91 Å². The van der Waals surface area contributed by atoms with Crippen molar-refractivity contribution >= 4 is 11.6 Å². The van der Waals surface area contributed by atoms with Gasteiger partial charge < -0.3 is 10.0 Å². The third-order valence-corrected chi connectivity index (χ3v) is 3.24. The average Bonchev–Trinajstić information content (AvgIpc) is 2.26. The van der Waals surface area contributed by atoms with Crippen LogP contribution in [0.3, 0.4) is 0 Å². The molecule has 0 heterocycles. The third kappa shape index (κ3) is 5.24. The molecule has 3 heteroatoms. The maximum Gasteiger partial charge on any atom is 0.227 e. The van der Waals surface area contributed by atoms with Crippen LogP contribution in [-0.4, -0.2) is 17.6 Å². The van der Waals surface area contributed by atoms with Crippen molar-refractivity contribution in [2.75, 3.05) is 11.4 Å². The van der Waals surface area contributed by atoms with Crippen LogP contribution in [-0.2, 0) is 4.79 Å². The Kier molecular flexibility index (Phi) is 5.61. The molecule has 1 rings (SSSR count). The highest BCUT2D eigenvalue weighted by Crippen LogP contribution is 2.27. The van der Waals surface area contributed by atoms with Gasteiger partial charge in [0.05, 0.1) is 0 Å². The van der Waals surface area contributed by atoms with Crippen molar-refractivity contribution in [3.63, 3.8) is 0 Å². The molecule has 0 fully saturated rings. The largest absolute Gasteiger partial charge is 0.508 e. The number of nitrogens with zero attached hydrogens (tertiary/aromatic N) is 1. The SMILES string of the molecule is CCN(C(=O)CC(C)CC(C)(C)C)c1cccc(O)c1. The van der Waals surface area contributed by atoms with E-state index in [1.54, 1.807) is 23.1 Å². The molecule has 0 aliphatic heterocycles. The lowest BCUT2D eigenvalue weighted by Gasteiger charge is -2.26. The van der Waals surface area contributed by atoms with Crippen LogP contribution in [0.4, 0.5) is 5.69 Å². The Morgan fingerprint density at radius 3 is 2.50 bits per heavy atom. The molecule has 0 saturated heterocycles. The van der Waals surface area contributed by atoms with Gasteiger partial charge in [0.1, 0.15) is 5.75 Å². The van der Waals surface area contributed by atoms with Crippen molar-refractivity contribution in [3.8, 4) is 5.75 Å². The number of hydrogen-bond donors (Lipinski definition) is 1. The minimum Gasteiger partial charge on any atom is -0.508 e. The smallest absolute Gasteiger partial charge is 0.227 e. The maximum atomic E-state index is 12.4. The van der Waals surface area contributed by atoms with Gasteiger partial charge in [0, 0.05) is 24.7 Å². The summed E-state index contributed by atoms with van der Waals surface area (Å²) in [5.41, 5.74) is 1.00. The molecule has 1 amide bonds. The van der Waals surface area contributed by atoms with E-state index in [1.165, 1.54) is 0 Å². The molecule has 0 saturated carbocycles. The summed E-state index contributed by atoms with van der Waals surface area (Å²) in [4.78, 5) is 14.2. The number of amides is 1. The van der Waals surface area contributed by atoms with Crippen molar-refractivity contribution in [1.82, 2.24) is 0 Å². The van der Waals surface area contributed by atoms with Crippen LogP contribution >= 0.6 is 0 Å². The van der Waals surface area contributed by atoms with Crippen LogP contribution in [0.2, 0.25) is 0 Å². The van der Waals surface area contributed by atoms with Crippen LogP contribution in [0, 0.1) is 11.3 Å². The Morgan fingerprint density at radius 1 is 1.35 bits per heavy atom. The molecular weight excluding hydrogens is 250 g/mol. The number of aromatic hydroxyl groups is 1. The fraction of sp³-hybridized carbons (Fsp3) is 0.588. The molecule has 1 unspecified atom stereocenters. The molecule has 0 bridgehead atoms. The number of hydrogen-bond acceptors (Lipinski definition) is 2. The number of benzene rings is 1. The summed E-state index contributed by atoms with van der Waals surface area (Å²) in [7, 11) is 0. The van der Waals surface area contributed by atoms with E-state index in [4.69, 9.17) is 0 Å². The zero-order valence-corrected chi connectivity index (χ0v) is 13.3. The van der Waals surface area contributed by atoms with Crippen molar-refractivity contribution in [2.45, 2.75) is 47.5 Å². The predicted molar refractivity (Wildman–Crippen MR) is 84.0 cm³/mol. The molecule has 0 spiro atoms. The molecule has 0 aliphatic carbocycles. The van der Waals surface area contributed by atoms with Gasteiger partial charge in [-0.05, 0) is 36.8 Å². The van der Waals surface area contributed by atoms with E-state index in [-0.39, 0.29) is 17.1 Å². The topological polar surface area (TPSA) is 40.5 Å². The van der Waals surface area contributed by atoms with E-state index in [1.807, 2.05) is 13.0 Å². The molecule has 3 nitrogen and oxygen atoms in total. The normalized spacial score (nSPS) is 13.1. The van der Waals surface area contributed by atoms with Crippen LogP contribution < -0.4 is 4.90 Å². The number of rotatable bonds is 5. The van der Waals surface area contributed by atoms with E-state index in [0.29, 0.717) is 18.9 Å². The summed E-state index contributed by atoms with van der Waals surface area (Å²) in [6.07, 6.45) is 1.57. The summed E-state index contributed by atoms with van der Waals surface area (Å²) in [6.45, 7) is 11.3. The number of anilines is 1. The summed E-state index contributed by atoms with van der Waals surface area (Å²) in [5, 5.41) is 9.54. The van der Waals surface area contributed by atoms with E-state index >= 15 is 0 Å². The second kappa shape index (κ2) is 6.78. The molecular formula is C17H27NO2. The highest BCUT2D eigenvalue weighted by atomic mass is 16.3.